The van der Waals surface area contributed by atoms with Gasteiger partial charge < -0.3 is 21.7 Å². The van der Waals surface area contributed by atoms with Crippen molar-refractivity contribution < 1.29 is 8.78 Å². The second kappa shape index (κ2) is 5.96. The van der Waals surface area contributed by atoms with Gasteiger partial charge in [-0.15, -0.1) is 0 Å². The average molecular weight is 320 g/mol. The van der Waals surface area contributed by atoms with Crippen LogP contribution in [0.5, 0.6) is 0 Å². The zero-order valence-corrected chi connectivity index (χ0v) is 12.7. The first kappa shape index (κ1) is 15.4. The van der Waals surface area contributed by atoms with Crippen molar-refractivity contribution in [2.75, 3.05) is 36.5 Å². The fraction of sp³-hybridized carbons (Fsp3) is 0.333. The first-order valence-electron chi connectivity index (χ1n) is 7.30. The molecular formula is C15H18F2N6. The second-order valence-electron chi connectivity index (χ2n) is 5.51. The number of halogens is 2. The summed E-state index contributed by atoms with van der Waals surface area (Å²) in [5.41, 5.74) is 12.6. The molecule has 6 nitrogen and oxygen atoms in total. The largest absolute Gasteiger partial charge is 0.383 e. The maximum absolute atomic E-state index is 13.6. The number of aromatic nitrogens is 2. The lowest BCUT2D eigenvalue weighted by molar-refractivity contribution is 0.509. The van der Waals surface area contributed by atoms with Crippen LogP contribution in [0.25, 0.3) is 11.1 Å². The predicted molar refractivity (Wildman–Crippen MR) is 85.9 cm³/mol. The third kappa shape index (κ3) is 2.89. The highest BCUT2D eigenvalue weighted by Gasteiger charge is 2.26. The van der Waals surface area contributed by atoms with Crippen LogP contribution in [0.3, 0.4) is 0 Å². The van der Waals surface area contributed by atoms with Crippen molar-refractivity contribution in [3.8, 4) is 11.1 Å². The van der Waals surface area contributed by atoms with E-state index in [9.17, 15) is 8.78 Å². The Kier molecular flexibility index (Phi) is 3.99. The number of nitrogens with zero attached hydrogens (tertiary/aromatic N) is 3. The molecule has 8 heteroatoms. The average Bonchev–Trinajstić information content (AvgIpc) is 2.98. The van der Waals surface area contributed by atoms with Crippen molar-refractivity contribution in [3.63, 3.8) is 0 Å². The Morgan fingerprint density at radius 3 is 2.65 bits per heavy atom. The quantitative estimate of drug-likeness (QED) is 0.791. The van der Waals surface area contributed by atoms with Crippen LogP contribution in [-0.2, 0) is 0 Å². The van der Waals surface area contributed by atoms with E-state index in [0.717, 1.165) is 31.6 Å². The second-order valence-corrected chi connectivity index (χ2v) is 5.51. The summed E-state index contributed by atoms with van der Waals surface area (Å²) in [6.07, 6.45) is 0.942. The number of hydrogen-bond acceptors (Lipinski definition) is 6. The summed E-state index contributed by atoms with van der Waals surface area (Å²) >= 11 is 0. The fourth-order valence-corrected chi connectivity index (χ4v) is 2.83. The molecule has 1 aromatic carbocycles. The van der Waals surface area contributed by atoms with Gasteiger partial charge in [-0.25, -0.2) is 8.78 Å². The summed E-state index contributed by atoms with van der Waals surface area (Å²) in [5.74, 6) is -1.12. The van der Waals surface area contributed by atoms with Crippen molar-refractivity contribution in [2.24, 2.45) is 0 Å². The van der Waals surface area contributed by atoms with Gasteiger partial charge in [0.1, 0.15) is 11.6 Å². The molecule has 0 saturated carbocycles. The third-order valence-corrected chi connectivity index (χ3v) is 4.04. The van der Waals surface area contributed by atoms with E-state index in [1.165, 1.54) is 6.07 Å². The van der Waals surface area contributed by atoms with Gasteiger partial charge in [0.2, 0.25) is 5.95 Å². The monoisotopic (exact) mass is 320 g/mol. The molecular weight excluding hydrogens is 302 g/mol. The molecule has 1 aromatic heterocycles. The highest BCUT2D eigenvalue weighted by atomic mass is 19.2. The maximum Gasteiger partial charge on any atom is 0.223 e. The summed E-state index contributed by atoms with van der Waals surface area (Å²) in [5, 5.41) is 3.21. The molecule has 0 radical (unpaired) electrons. The number of nitrogens with two attached hydrogens (primary N) is 2. The molecule has 1 aliphatic rings. The molecule has 1 atom stereocenters. The molecule has 0 aliphatic carbocycles. The van der Waals surface area contributed by atoms with E-state index < -0.39 is 11.6 Å². The standard InChI is InChI=1S/C15H18F2N6/c1-20-9-4-5-23(7-9)14-12(13(18)21-15(19)22-14)8-2-3-10(16)11(17)6-8/h2-3,6,9,20H,4-5,7H2,1H3,(H4,18,19,21,22)/t9-/m0/s1. The zero-order chi connectivity index (χ0) is 16.6. The highest BCUT2D eigenvalue weighted by molar-refractivity contribution is 5.85. The minimum Gasteiger partial charge on any atom is -0.383 e. The molecule has 5 N–H and O–H groups in total. The molecule has 23 heavy (non-hydrogen) atoms. The summed E-state index contributed by atoms with van der Waals surface area (Å²) in [4.78, 5) is 10.3. The lowest BCUT2D eigenvalue weighted by Gasteiger charge is -2.22. The Morgan fingerprint density at radius 1 is 1.22 bits per heavy atom. The number of anilines is 3. The number of nitrogens with one attached hydrogen (secondary N) is 1. The number of benzene rings is 1. The van der Waals surface area contributed by atoms with Crippen LogP contribution in [0.1, 0.15) is 6.42 Å². The minimum absolute atomic E-state index is 0.0525. The van der Waals surface area contributed by atoms with E-state index in [0.29, 0.717) is 23.0 Å². The molecule has 0 amide bonds. The number of hydrogen-bond donors (Lipinski definition) is 3. The normalized spacial score (nSPS) is 17.7. The molecule has 0 spiro atoms. The van der Waals surface area contributed by atoms with Crippen molar-refractivity contribution in [1.82, 2.24) is 15.3 Å². The van der Waals surface area contributed by atoms with Gasteiger partial charge in [-0.2, -0.15) is 9.97 Å². The van der Waals surface area contributed by atoms with Gasteiger partial charge in [-0.05, 0) is 31.2 Å². The van der Waals surface area contributed by atoms with Crippen molar-refractivity contribution in [3.05, 3.63) is 29.8 Å². The number of nitrogen functional groups attached to an aromatic ring is 2. The topological polar surface area (TPSA) is 93.1 Å². The van der Waals surface area contributed by atoms with E-state index >= 15 is 0 Å². The number of likely N-dealkylation sites (N-methyl/N-ethyl adjacent to an activating group) is 1. The predicted octanol–water partition coefficient (Wildman–Crippen LogP) is 1.38. The molecule has 3 rings (SSSR count). The molecule has 2 heterocycles. The molecule has 1 fully saturated rings. The van der Waals surface area contributed by atoms with Gasteiger partial charge in [-0.1, -0.05) is 6.07 Å². The Labute approximate surface area is 132 Å². The number of rotatable bonds is 3. The molecule has 1 saturated heterocycles. The van der Waals surface area contributed by atoms with Crippen LogP contribution in [0.2, 0.25) is 0 Å². The van der Waals surface area contributed by atoms with E-state index in [1.54, 1.807) is 0 Å². The lowest BCUT2D eigenvalue weighted by Crippen LogP contribution is -2.30. The summed E-state index contributed by atoms with van der Waals surface area (Å²) in [6, 6.07) is 3.93. The first-order valence-corrected chi connectivity index (χ1v) is 7.30. The fourth-order valence-electron chi connectivity index (χ4n) is 2.83. The van der Waals surface area contributed by atoms with Crippen LogP contribution in [-0.4, -0.2) is 36.1 Å². The van der Waals surface area contributed by atoms with E-state index in [4.69, 9.17) is 11.5 Å². The van der Waals surface area contributed by atoms with Crippen LogP contribution >= 0.6 is 0 Å². The van der Waals surface area contributed by atoms with Crippen LogP contribution in [0, 0.1) is 11.6 Å². The Bertz CT molecular complexity index is 736. The maximum atomic E-state index is 13.6. The SMILES string of the molecule is CN[C@H]1CCN(c2nc(N)nc(N)c2-c2ccc(F)c(F)c2)C1. The van der Waals surface area contributed by atoms with Crippen molar-refractivity contribution >= 4 is 17.6 Å². The van der Waals surface area contributed by atoms with Gasteiger partial charge in [0.15, 0.2) is 11.6 Å². The van der Waals surface area contributed by atoms with Crippen LogP contribution in [0.4, 0.5) is 26.4 Å². The van der Waals surface area contributed by atoms with Gasteiger partial charge in [0, 0.05) is 19.1 Å². The molecule has 2 aromatic rings. The Hall–Kier alpha value is -2.48. The van der Waals surface area contributed by atoms with Gasteiger partial charge in [0.05, 0.1) is 5.56 Å². The van der Waals surface area contributed by atoms with Crippen LogP contribution < -0.4 is 21.7 Å². The van der Waals surface area contributed by atoms with E-state index in [1.807, 2.05) is 11.9 Å². The Morgan fingerprint density at radius 2 is 2.00 bits per heavy atom. The van der Waals surface area contributed by atoms with E-state index in [-0.39, 0.29) is 11.8 Å². The van der Waals surface area contributed by atoms with Crippen molar-refractivity contribution in [1.29, 1.82) is 0 Å². The lowest BCUT2D eigenvalue weighted by atomic mass is 10.1. The Balaban J connectivity index is 2.10. The summed E-state index contributed by atoms with van der Waals surface area (Å²) < 4.78 is 26.8. The molecule has 122 valence electrons. The van der Waals surface area contributed by atoms with Gasteiger partial charge in [-0.3, -0.25) is 0 Å². The molecule has 1 aliphatic heterocycles. The molecule has 0 unspecified atom stereocenters. The molecule has 0 bridgehead atoms. The van der Waals surface area contributed by atoms with Gasteiger partial charge in [0.25, 0.3) is 0 Å². The van der Waals surface area contributed by atoms with E-state index in [2.05, 4.69) is 15.3 Å². The third-order valence-electron chi connectivity index (χ3n) is 4.04. The summed E-state index contributed by atoms with van der Waals surface area (Å²) in [6.45, 7) is 1.49. The summed E-state index contributed by atoms with van der Waals surface area (Å²) in [7, 11) is 1.90. The van der Waals surface area contributed by atoms with Gasteiger partial charge >= 0.3 is 0 Å². The minimum atomic E-state index is -0.945. The van der Waals surface area contributed by atoms with Crippen molar-refractivity contribution in [2.45, 2.75) is 12.5 Å². The first-order chi connectivity index (χ1) is 11.0. The zero-order valence-electron chi connectivity index (χ0n) is 12.7. The smallest absolute Gasteiger partial charge is 0.223 e. The highest BCUT2D eigenvalue weighted by Crippen LogP contribution is 2.36. The van der Waals surface area contributed by atoms with Crippen LogP contribution in [0.15, 0.2) is 18.2 Å².